The number of anilines is 2. The van der Waals surface area contributed by atoms with E-state index in [0.717, 1.165) is 0 Å². The van der Waals surface area contributed by atoms with Crippen molar-refractivity contribution in [3.63, 3.8) is 0 Å². The number of halogens is 36. The van der Waals surface area contributed by atoms with Crippen LogP contribution < -0.4 is 10.6 Å². The highest BCUT2D eigenvalue weighted by Crippen LogP contribution is 2.58. The van der Waals surface area contributed by atoms with Gasteiger partial charge in [-0.3, -0.25) is 19.7 Å². The SMILES string of the molecule is O=C(Nc1cc(C(=O)OCCC(F)(F)C(F)(F)C(F)(F)C(F)(F)F)cc(C(=O)OCCC(F)(F)C(F)(F)C(F)(F)C(F)(F)F)c1)c1cc(C(=O)Nc2cc(C(=O)OCCC(F)(F)C(F)(F)C(F)(F)C(F)(F)F)cc(C(=O)OCCC(F)(F)C(F)(F)C(F)(F)C(F)(F)F)c2)cc([N+](=O)[O-])c1. The second-order valence-corrected chi connectivity index (χ2v) is 19.5. The number of hydrogen-bond acceptors (Lipinski definition) is 12. The lowest BCUT2D eigenvalue weighted by molar-refractivity contribution is -0.397. The van der Waals surface area contributed by atoms with E-state index in [-0.39, 0.29) is 54.6 Å². The fourth-order valence-electron chi connectivity index (χ4n) is 6.94. The van der Waals surface area contributed by atoms with Gasteiger partial charge in [0.1, 0.15) is 0 Å². The van der Waals surface area contributed by atoms with Gasteiger partial charge in [0.15, 0.2) is 0 Å². The summed E-state index contributed by atoms with van der Waals surface area (Å²) in [5.74, 6) is -99.3. The maximum Gasteiger partial charge on any atom is 0.460 e. The summed E-state index contributed by atoms with van der Waals surface area (Å²) in [5, 5.41) is 15.1. The fraction of sp³-hybridized carbons (Fsp3) is 0.500. The third-order valence-corrected chi connectivity index (χ3v) is 12.4. The molecule has 558 valence electrons. The predicted octanol–water partition coefficient (Wildman–Crippen LogP) is 16.2. The van der Waals surface area contributed by atoms with Crippen LogP contribution in [0.1, 0.15) is 87.8 Å². The zero-order chi connectivity index (χ0) is 77.5. The Labute approximate surface area is 520 Å². The van der Waals surface area contributed by atoms with Crippen LogP contribution in [0.15, 0.2) is 54.6 Å². The normalized spacial score (nSPS) is 14.1. The van der Waals surface area contributed by atoms with Crippen molar-refractivity contribution in [1.82, 2.24) is 0 Å². The van der Waals surface area contributed by atoms with Gasteiger partial charge in [0.25, 0.3) is 17.5 Å². The molecule has 0 aliphatic carbocycles. The highest BCUT2D eigenvalue weighted by Gasteiger charge is 2.84. The number of alkyl halides is 36. The Bertz CT molecular complexity index is 3140. The molecule has 0 atom stereocenters. The molecule has 0 fully saturated rings. The number of nitro benzene ring substituents is 1. The quantitative estimate of drug-likeness (QED) is 0.0219. The van der Waals surface area contributed by atoms with Gasteiger partial charge in [0, 0.05) is 34.6 Å². The van der Waals surface area contributed by atoms with E-state index < -0.39 is 239 Å². The van der Waals surface area contributed by atoms with E-state index in [2.05, 4.69) is 18.9 Å². The molecule has 3 aromatic rings. The number of non-ortho nitro benzene ring substituents is 1. The minimum atomic E-state index is -7.54. The fourth-order valence-corrected chi connectivity index (χ4v) is 6.94. The smallest absolute Gasteiger partial charge is 0.460 e. The maximum atomic E-state index is 14.2. The monoisotopic (exact) mass is 1520 g/mol. The van der Waals surface area contributed by atoms with Crippen molar-refractivity contribution < 1.29 is 211 Å². The topological polar surface area (TPSA) is 207 Å². The molecule has 0 aromatic heterocycles. The minimum Gasteiger partial charge on any atom is -0.462 e. The Hall–Kier alpha value is -8.64. The van der Waals surface area contributed by atoms with Gasteiger partial charge < -0.3 is 29.6 Å². The van der Waals surface area contributed by atoms with E-state index in [1.807, 2.05) is 0 Å². The molecule has 0 unspecified atom stereocenters. The molecule has 2 amide bonds. The first-order chi connectivity index (χ1) is 44.0. The largest absolute Gasteiger partial charge is 0.462 e. The summed E-state index contributed by atoms with van der Waals surface area (Å²) >= 11 is 0. The first-order valence-corrected chi connectivity index (χ1v) is 24.7. The molecule has 3 rings (SSSR count). The van der Waals surface area contributed by atoms with Crippen LogP contribution in [0, 0.1) is 10.1 Å². The number of nitro groups is 1. The highest BCUT2D eigenvalue weighted by atomic mass is 19.5. The number of nitrogens with one attached hydrogen (secondary N) is 2. The van der Waals surface area contributed by atoms with Crippen molar-refractivity contribution in [1.29, 1.82) is 0 Å². The Morgan fingerprint density at radius 2 is 0.475 bits per heavy atom. The summed E-state index contributed by atoms with van der Waals surface area (Å²) in [7, 11) is 0. The van der Waals surface area contributed by atoms with Gasteiger partial charge in [0.2, 0.25) is 0 Å². The summed E-state index contributed by atoms with van der Waals surface area (Å²) < 4.78 is 499. The van der Waals surface area contributed by atoms with Crippen molar-refractivity contribution in [2.75, 3.05) is 37.1 Å². The van der Waals surface area contributed by atoms with Gasteiger partial charge in [-0.25, -0.2) is 19.2 Å². The lowest BCUT2D eigenvalue weighted by Crippen LogP contribution is -2.61. The van der Waals surface area contributed by atoms with Crippen LogP contribution in [0.3, 0.4) is 0 Å². The van der Waals surface area contributed by atoms with E-state index in [1.165, 1.54) is 0 Å². The molecule has 0 spiro atoms. The van der Waals surface area contributed by atoms with Crippen molar-refractivity contribution in [3.8, 4) is 0 Å². The Morgan fingerprint density at radius 3 is 0.646 bits per heavy atom. The number of rotatable bonds is 29. The third-order valence-electron chi connectivity index (χ3n) is 12.4. The van der Waals surface area contributed by atoms with Gasteiger partial charge in [0.05, 0.1) is 79.3 Å². The minimum absolute atomic E-state index is 0.0570. The Morgan fingerprint density at radius 1 is 0.293 bits per heavy atom. The maximum absolute atomic E-state index is 14.2. The second-order valence-electron chi connectivity index (χ2n) is 19.5. The van der Waals surface area contributed by atoms with Crippen LogP contribution in [0.4, 0.5) is 175 Å². The lowest BCUT2D eigenvalue weighted by atomic mass is 10.0. The molecule has 0 saturated carbocycles. The summed E-state index contributed by atoms with van der Waals surface area (Å²) in [6.07, 6.45) is -41.6. The zero-order valence-electron chi connectivity index (χ0n) is 46.3. The average molecular weight is 1520 g/mol. The number of ether oxygens (including phenoxy) is 4. The van der Waals surface area contributed by atoms with Crippen molar-refractivity contribution in [2.24, 2.45) is 0 Å². The molecular formula is C48H27F36N3O12. The summed E-state index contributed by atoms with van der Waals surface area (Å²) in [6, 6.07) is 0.381. The van der Waals surface area contributed by atoms with Gasteiger partial charge in [-0.2, -0.15) is 158 Å². The Balaban J connectivity index is 2.16. The molecule has 0 radical (unpaired) electrons. The molecule has 0 aliphatic rings. The lowest BCUT2D eigenvalue weighted by Gasteiger charge is -2.33. The molecule has 0 heterocycles. The van der Waals surface area contributed by atoms with Crippen molar-refractivity contribution in [2.45, 2.75) is 121 Å². The van der Waals surface area contributed by atoms with Crippen LogP contribution in [0.5, 0.6) is 0 Å². The molecule has 51 heteroatoms. The van der Waals surface area contributed by atoms with E-state index >= 15 is 0 Å². The molecule has 0 bridgehead atoms. The first-order valence-electron chi connectivity index (χ1n) is 24.7. The molecule has 15 nitrogen and oxygen atoms in total. The molecule has 0 aliphatic heterocycles. The van der Waals surface area contributed by atoms with Gasteiger partial charge in [-0.1, -0.05) is 0 Å². The van der Waals surface area contributed by atoms with Crippen LogP contribution in [0.2, 0.25) is 0 Å². The molecule has 0 saturated heterocycles. The molecule has 2 N–H and O–H groups in total. The van der Waals surface area contributed by atoms with E-state index in [0.29, 0.717) is 0 Å². The van der Waals surface area contributed by atoms with E-state index in [9.17, 15) is 197 Å². The van der Waals surface area contributed by atoms with Crippen molar-refractivity contribution >= 4 is 52.8 Å². The molecule has 3 aromatic carbocycles. The van der Waals surface area contributed by atoms with Gasteiger partial charge in [-0.05, 0) is 42.5 Å². The predicted molar refractivity (Wildman–Crippen MR) is 245 cm³/mol. The van der Waals surface area contributed by atoms with Gasteiger partial charge >= 0.3 is 120 Å². The van der Waals surface area contributed by atoms with Crippen LogP contribution >= 0.6 is 0 Å². The number of esters is 4. The molecular weight excluding hydrogens is 1490 g/mol. The number of hydrogen-bond donors (Lipinski definition) is 2. The van der Waals surface area contributed by atoms with E-state index in [4.69, 9.17) is 0 Å². The first kappa shape index (κ1) is 84.6. The average Bonchev–Trinajstić information content (AvgIpc) is 0.766. The van der Waals surface area contributed by atoms with Crippen LogP contribution in [-0.4, -0.2) is 163 Å². The number of amides is 2. The van der Waals surface area contributed by atoms with Crippen LogP contribution in [0.25, 0.3) is 0 Å². The van der Waals surface area contributed by atoms with Crippen molar-refractivity contribution in [3.05, 3.63) is 98.1 Å². The molecule has 99 heavy (non-hydrogen) atoms. The number of carbonyl (C=O) groups is 6. The second kappa shape index (κ2) is 27.8. The number of nitrogens with zero attached hydrogens (tertiary/aromatic N) is 1. The summed E-state index contributed by atoms with van der Waals surface area (Å²) in [4.78, 5) is 89.4. The zero-order valence-corrected chi connectivity index (χ0v) is 46.3. The van der Waals surface area contributed by atoms with Crippen LogP contribution in [-0.2, 0) is 18.9 Å². The Kier molecular flexibility index (Phi) is 23.8. The number of benzene rings is 3. The standard InChI is InChI=1S/C48H27F36N3O12/c49-33(50,37(57,58)41(65,66)45(73,74)75)1-5-96-29(90)20-10-21(30(91)97-6-2-34(51,52)38(59,60)42(67,68)46(76,77)78)13-24(12-20)85-27(88)18-9-19(17-26(16-18)87(94)95)28(89)86-25-14-22(31(92)98-7-3-35(53,54)39(61,62)43(69,70)47(79,80)81)11-23(15-25)32(93)99-8-4-36(55,56)40(63,64)44(71,72)48(82,83)84/h9-17H,1-8H2,(H,85,88)(H,86,89). The third kappa shape index (κ3) is 17.2. The van der Waals surface area contributed by atoms with E-state index in [1.54, 1.807) is 10.6 Å². The highest BCUT2D eigenvalue weighted by molar-refractivity contribution is 6.11. The summed E-state index contributed by atoms with van der Waals surface area (Å²) in [6.45, 7) is -9.51. The summed E-state index contributed by atoms with van der Waals surface area (Å²) in [5.41, 5.74) is -13.2. The van der Waals surface area contributed by atoms with Gasteiger partial charge in [-0.15, -0.1) is 0 Å². The number of carbonyl (C=O) groups excluding carboxylic acids is 6.